The Hall–Kier alpha value is -3.67. The lowest BCUT2D eigenvalue weighted by Crippen LogP contribution is -2.32. The van der Waals surface area contributed by atoms with Crippen LogP contribution >= 0.6 is 11.5 Å². The van der Waals surface area contributed by atoms with E-state index >= 15 is 0 Å². The molecule has 1 atom stereocenters. The predicted octanol–water partition coefficient (Wildman–Crippen LogP) is 5.04. The first-order valence-electron chi connectivity index (χ1n) is 12.9. The molecule has 12 heteroatoms. The average Bonchev–Trinajstić information content (AvgIpc) is 3.61. The second-order valence-electron chi connectivity index (χ2n) is 9.69. The van der Waals surface area contributed by atoms with Gasteiger partial charge in [-0.15, -0.1) is 0 Å². The molecule has 2 fully saturated rings. The topological polar surface area (TPSA) is 107 Å². The first kappa shape index (κ1) is 30.9. The molecule has 1 aliphatic carbocycles. The Labute approximate surface area is 235 Å². The van der Waals surface area contributed by atoms with E-state index in [1.165, 1.54) is 42.5 Å². The molecule has 2 heterocycles. The van der Waals surface area contributed by atoms with Gasteiger partial charge >= 0.3 is 0 Å². The quantitative estimate of drug-likeness (QED) is 0.280. The number of benzene rings is 2. The highest BCUT2D eigenvalue weighted by Crippen LogP contribution is 2.41. The van der Waals surface area contributed by atoms with Gasteiger partial charge in [-0.2, -0.15) is 4.37 Å². The number of carbonyl (C=O) groups excluding carboxylic acids is 2. The lowest BCUT2D eigenvalue weighted by Gasteiger charge is -2.27. The summed E-state index contributed by atoms with van der Waals surface area (Å²) in [7, 11) is 3.25. The summed E-state index contributed by atoms with van der Waals surface area (Å²) in [5.41, 5.74) is 1.26. The van der Waals surface area contributed by atoms with Crippen LogP contribution in [0.3, 0.4) is 0 Å². The van der Waals surface area contributed by atoms with E-state index in [9.17, 15) is 22.8 Å². The molecule has 2 aromatic carbocycles. The Morgan fingerprint density at radius 3 is 2.45 bits per heavy atom. The summed E-state index contributed by atoms with van der Waals surface area (Å²) in [5, 5.41) is 15.2. The summed E-state index contributed by atoms with van der Waals surface area (Å²) in [6.45, 7) is 2.91. The molecule has 1 aromatic heterocycles. The number of hydrogen-bond donors (Lipinski definition) is 3. The zero-order valence-corrected chi connectivity index (χ0v) is 23.5. The third-order valence-corrected chi connectivity index (χ3v) is 8.08. The third-order valence-electron chi connectivity index (χ3n) is 7.21. The van der Waals surface area contributed by atoms with Crippen LogP contribution in [0.1, 0.15) is 53.8 Å². The number of phenols is 1. The first-order chi connectivity index (χ1) is 19.1. The van der Waals surface area contributed by atoms with Crippen molar-refractivity contribution in [3.63, 3.8) is 0 Å². The molecular formula is C28H34F3N5O3S. The summed E-state index contributed by atoms with van der Waals surface area (Å²) in [4.78, 5) is 27.7. The lowest BCUT2D eigenvalue weighted by molar-refractivity contribution is -0.126. The van der Waals surface area contributed by atoms with E-state index in [-0.39, 0.29) is 23.0 Å². The van der Waals surface area contributed by atoms with Gasteiger partial charge in [0, 0.05) is 38.7 Å². The van der Waals surface area contributed by atoms with E-state index < -0.39 is 11.8 Å². The number of aryl methyl sites for hydroxylation is 1. The van der Waals surface area contributed by atoms with Crippen LogP contribution in [0.5, 0.6) is 5.75 Å². The minimum Gasteiger partial charge on any atom is -0.506 e. The van der Waals surface area contributed by atoms with Gasteiger partial charge in [0.2, 0.25) is 12.3 Å². The van der Waals surface area contributed by atoms with Crippen molar-refractivity contribution in [2.24, 2.45) is 5.92 Å². The van der Waals surface area contributed by atoms with Crippen molar-refractivity contribution in [2.45, 2.75) is 44.4 Å². The molecular weight excluding hydrogens is 543 g/mol. The first-order valence-corrected chi connectivity index (χ1v) is 13.7. The molecule has 1 aliphatic heterocycles. The van der Waals surface area contributed by atoms with Gasteiger partial charge in [0.1, 0.15) is 22.9 Å². The molecule has 40 heavy (non-hydrogen) atoms. The summed E-state index contributed by atoms with van der Waals surface area (Å²) < 4.78 is 42.2. The molecule has 1 saturated carbocycles. The van der Waals surface area contributed by atoms with Crippen molar-refractivity contribution in [3.8, 4) is 5.75 Å². The largest absolute Gasteiger partial charge is 0.506 e. The Kier molecular flexibility index (Phi) is 10.9. The highest BCUT2D eigenvalue weighted by molar-refractivity contribution is 7.05. The fraction of sp³-hybridized carbons (Fsp3) is 0.429. The number of alkyl halides is 2. The number of nitrogens with one attached hydrogen (secondary N) is 2. The molecule has 1 saturated heterocycles. The minimum atomic E-state index is -2.50. The molecule has 1 unspecified atom stereocenters. The molecule has 0 spiro atoms. The van der Waals surface area contributed by atoms with E-state index in [4.69, 9.17) is 5.11 Å². The summed E-state index contributed by atoms with van der Waals surface area (Å²) in [5.74, 6) is 0.314. The van der Waals surface area contributed by atoms with Crippen LogP contribution in [0.25, 0.3) is 0 Å². The van der Waals surface area contributed by atoms with Gasteiger partial charge in [-0.3, -0.25) is 9.59 Å². The van der Waals surface area contributed by atoms with E-state index in [1.807, 2.05) is 6.07 Å². The second-order valence-corrected chi connectivity index (χ2v) is 10.5. The molecule has 2 amide bonds. The van der Waals surface area contributed by atoms with Crippen molar-refractivity contribution < 1.29 is 27.9 Å². The van der Waals surface area contributed by atoms with Crippen LogP contribution in [0.15, 0.2) is 42.7 Å². The molecule has 216 valence electrons. The summed E-state index contributed by atoms with van der Waals surface area (Å²) in [6, 6.07) is 8.92. The molecule has 3 aromatic rings. The maximum absolute atomic E-state index is 13.9. The van der Waals surface area contributed by atoms with Crippen LogP contribution in [0.4, 0.5) is 18.9 Å². The highest BCUT2D eigenvalue weighted by atomic mass is 32.1. The summed E-state index contributed by atoms with van der Waals surface area (Å²) in [6.07, 6.45) is 4.02. The van der Waals surface area contributed by atoms with Gasteiger partial charge < -0.3 is 20.6 Å². The number of halogens is 3. The number of rotatable bonds is 6. The molecule has 0 bridgehead atoms. The summed E-state index contributed by atoms with van der Waals surface area (Å²) >= 11 is 1.31. The Morgan fingerprint density at radius 1 is 1.23 bits per heavy atom. The van der Waals surface area contributed by atoms with Crippen LogP contribution in [0, 0.1) is 18.7 Å². The number of carbonyl (C=O) groups is 2. The van der Waals surface area contributed by atoms with Crippen molar-refractivity contribution >= 4 is 29.5 Å². The molecule has 2 aliphatic rings. The third kappa shape index (κ3) is 7.29. The fourth-order valence-electron chi connectivity index (χ4n) is 4.50. The number of aromatic nitrogens is 2. The average molecular weight is 578 g/mol. The Morgan fingerprint density at radius 2 is 1.98 bits per heavy atom. The Bertz CT molecular complexity index is 1270. The van der Waals surface area contributed by atoms with Gasteiger partial charge in [0.25, 0.3) is 6.43 Å². The lowest BCUT2D eigenvalue weighted by atomic mass is 9.80. The zero-order chi connectivity index (χ0) is 29.3. The van der Waals surface area contributed by atoms with E-state index in [0.717, 1.165) is 36.2 Å². The molecule has 3 N–H and O–H groups in total. The van der Waals surface area contributed by atoms with Crippen LogP contribution in [-0.2, 0) is 15.0 Å². The number of amides is 2. The second kappa shape index (κ2) is 14.1. The van der Waals surface area contributed by atoms with Gasteiger partial charge in [-0.25, -0.2) is 18.2 Å². The number of likely N-dealkylation sites (tertiary alicyclic amines) is 1. The Balaban J connectivity index is 0.000000187. The number of anilines is 1. The van der Waals surface area contributed by atoms with Crippen molar-refractivity contribution in [2.75, 3.05) is 32.5 Å². The SMILES string of the molecule is CNC(=O)C1CCC1.CNc1cc(C(F)F)ccc1O.Cc1ccc(C2(c3ncns3)CCN(C=O)C2)cc1F. The number of phenolic OH excluding ortho intramolecular Hbond substituents is 1. The van der Waals surface area contributed by atoms with Gasteiger partial charge in [0.05, 0.1) is 11.1 Å². The van der Waals surface area contributed by atoms with Gasteiger partial charge in [0.15, 0.2) is 0 Å². The van der Waals surface area contributed by atoms with E-state index in [0.29, 0.717) is 30.3 Å². The number of aromatic hydroxyl groups is 1. The number of nitrogens with zero attached hydrogens (tertiary/aromatic N) is 3. The molecule has 5 rings (SSSR count). The van der Waals surface area contributed by atoms with E-state index in [2.05, 4.69) is 20.0 Å². The zero-order valence-electron chi connectivity index (χ0n) is 22.7. The normalized spacial score (nSPS) is 18.1. The number of hydrogen-bond acceptors (Lipinski definition) is 7. The van der Waals surface area contributed by atoms with Gasteiger partial charge in [-0.05, 0) is 73.1 Å². The molecule has 8 nitrogen and oxygen atoms in total. The van der Waals surface area contributed by atoms with E-state index in [1.54, 1.807) is 38.1 Å². The van der Waals surface area contributed by atoms with Crippen molar-refractivity contribution in [1.82, 2.24) is 19.6 Å². The van der Waals surface area contributed by atoms with Crippen molar-refractivity contribution in [3.05, 3.63) is 70.2 Å². The predicted molar refractivity (Wildman–Crippen MR) is 148 cm³/mol. The monoisotopic (exact) mass is 577 g/mol. The molecule has 0 radical (unpaired) electrons. The minimum absolute atomic E-state index is 0.0260. The standard InChI is InChI=1S/C14H14FN3OS.C8H9F2NO.C6H11NO/c1-10-2-3-11(6-12(10)15)14(13-16-8-17-20-13)4-5-18(7-14)9-19;1-11-6-4-5(8(9)10)2-3-7(6)12;1-7-6(8)5-3-2-4-5/h2-3,6,8-9H,4-5,7H2,1H3;2-4,8,11-12H,1H3;5H,2-4H2,1H3,(H,7,8). The maximum atomic E-state index is 13.9. The maximum Gasteiger partial charge on any atom is 0.263 e. The van der Waals surface area contributed by atoms with Gasteiger partial charge in [-0.1, -0.05) is 18.6 Å². The van der Waals surface area contributed by atoms with Crippen LogP contribution < -0.4 is 10.6 Å². The fourth-order valence-corrected chi connectivity index (χ4v) is 5.25. The van der Waals surface area contributed by atoms with Crippen LogP contribution in [-0.4, -0.2) is 58.9 Å². The highest BCUT2D eigenvalue weighted by Gasteiger charge is 2.43. The smallest absolute Gasteiger partial charge is 0.263 e. The van der Waals surface area contributed by atoms with Crippen LogP contribution in [0.2, 0.25) is 0 Å². The van der Waals surface area contributed by atoms with Crippen molar-refractivity contribution in [1.29, 1.82) is 0 Å².